The third kappa shape index (κ3) is 2.96. The Hall–Kier alpha value is -2.23. The Morgan fingerprint density at radius 3 is 2.16 bits per heavy atom. The summed E-state index contributed by atoms with van der Waals surface area (Å²) in [4.78, 5) is 0. The fraction of sp³-hybridized carbons (Fsp3) is 0.200. The molecule has 0 bridgehead atoms. The molecule has 0 heterocycles. The van der Waals surface area contributed by atoms with Crippen LogP contribution >= 0.6 is 0 Å². The van der Waals surface area contributed by atoms with E-state index in [9.17, 15) is 4.39 Å². The Morgan fingerprint density at radius 1 is 0.947 bits per heavy atom. The number of anilines is 1. The minimum atomic E-state index is -0.516. The Labute approximate surface area is 111 Å². The molecule has 0 amide bonds. The van der Waals surface area contributed by atoms with Crippen LogP contribution in [0, 0.1) is 19.7 Å². The molecule has 0 aliphatic heterocycles. The summed E-state index contributed by atoms with van der Waals surface area (Å²) in [6.07, 6.45) is 0. The Balaban J connectivity index is 2.37. The normalized spacial score (nSPS) is 10.3. The Kier molecular flexibility index (Phi) is 3.60. The van der Waals surface area contributed by atoms with Crippen LogP contribution in [-0.2, 0) is 0 Å². The van der Waals surface area contributed by atoms with Crippen molar-refractivity contribution < 1.29 is 13.9 Å². The fourth-order valence-electron chi connectivity index (χ4n) is 1.92. The molecular weight excluding hydrogens is 245 g/mol. The summed E-state index contributed by atoms with van der Waals surface area (Å²) in [5.41, 5.74) is 7.97. The van der Waals surface area contributed by atoms with Crippen molar-refractivity contribution in [2.75, 3.05) is 12.8 Å². The highest BCUT2D eigenvalue weighted by Crippen LogP contribution is 2.33. The van der Waals surface area contributed by atoms with Gasteiger partial charge >= 0.3 is 0 Å². The van der Waals surface area contributed by atoms with E-state index in [1.165, 1.54) is 19.2 Å². The van der Waals surface area contributed by atoms with E-state index in [-0.39, 0.29) is 11.4 Å². The number of hydrogen-bond donors (Lipinski definition) is 1. The van der Waals surface area contributed by atoms with Crippen LogP contribution in [0.15, 0.2) is 30.3 Å². The number of nitrogen functional groups attached to an aromatic ring is 1. The highest BCUT2D eigenvalue weighted by atomic mass is 19.1. The third-order valence-corrected chi connectivity index (χ3v) is 2.71. The lowest BCUT2D eigenvalue weighted by Crippen LogP contribution is -1.96. The number of benzene rings is 2. The van der Waals surface area contributed by atoms with Gasteiger partial charge in [-0.3, -0.25) is 0 Å². The lowest BCUT2D eigenvalue weighted by Gasteiger charge is -2.11. The van der Waals surface area contributed by atoms with E-state index in [4.69, 9.17) is 15.2 Å². The third-order valence-electron chi connectivity index (χ3n) is 2.71. The van der Waals surface area contributed by atoms with Crippen LogP contribution in [-0.4, -0.2) is 7.11 Å². The van der Waals surface area contributed by atoms with Gasteiger partial charge in [0.25, 0.3) is 0 Å². The van der Waals surface area contributed by atoms with Crippen molar-refractivity contribution in [1.82, 2.24) is 0 Å². The zero-order chi connectivity index (χ0) is 14.0. The Morgan fingerprint density at radius 2 is 1.58 bits per heavy atom. The van der Waals surface area contributed by atoms with E-state index < -0.39 is 5.82 Å². The summed E-state index contributed by atoms with van der Waals surface area (Å²) >= 11 is 0. The molecule has 0 unspecified atom stereocenters. The average Bonchev–Trinajstić information content (AvgIpc) is 2.31. The van der Waals surface area contributed by atoms with Crippen LogP contribution in [0.5, 0.6) is 17.2 Å². The quantitative estimate of drug-likeness (QED) is 0.854. The van der Waals surface area contributed by atoms with Crippen LogP contribution in [0.2, 0.25) is 0 Å². The molecule has 0 saturated heterocycles. The summed E-state index contributed by atoms with van der Waals surface area (Å²) in [7, 11) is 1.48. The predicted molar refractivity (Wildman–Crippen MR) is 73.4 cm³/mol. The van der Waals surface area contributed by atoms with Gasteiger partial charge in [-0.2, -0.15) is 0 Å². The molecule has 2 aromatic rings. The molecule has 2 aromatic carbocycles. The molecule has 19 heavy (non-hydrogen) atoms. The number of aryl methyl sites for hydroxylation is 2. The zero-order valence-corrected chi connectivity index (χ0v) is 11.2. The molecule has 0 saturated carbocycles. The molecule has 4 heteroatoms. The summed E-state index contributed by atoms with van der Waals surface area (Å²) in [6, 6.07) is 8.34. The molecule has 0 spiro atoms. The lowest BCUT2D eigenvalue weighted by molar-refractivity contribution is 0.403. The van der Waals surface area contributed by atoms with Crippen molar-refractivity contribution in [2.24, 2.45) is 0 Å². The maximum Gasteiger partial charge on any atom is 0.168 e. The summed E-state index contributed by atoms with van der Waals surface area (Å²) in [6.45, 7) is 3.92. The number of rotatable bonds is 3. The average molecular weight is 261 g/mol. The minimum Gasteiger partial charge on any atom is -0.494 e. The Bertz CT molecular complexity index is 591. The number of methoxy groups -OCH3 is 1. The number of ether oxygens (including phenoxy) is 2. The van der Waals surface area contributed by atoms with Crippen molar-refractivity contribution in [3.05, 3.63) is 47.3 Å². The molecule has 2 rings (SSSR count). The van der Waals surface area contributed by atoms with E-state index in [1.54, 1.807) is 0 Å². The van der Waals surface area contributed by atoms with Gasteiger partial charge in [0, 0.05) is 12.1 Å². The second kappa shape index (κ2) is 5.18. The van der Waals surface area contributed by atoms with Crippen LogP contribution < -0.4 is 15.2 Å². The van der Waals surface area contributed by atoms with Crippen molar-refractivity contribution in [1.29, 1.82) is 0 Å². The largest absolute Gasteiger partial charge is 0.494 e. The highest BCUT2D eigenvalue weighted by molar-refractivity contribution is 5.56. The van der Waals surface area contributed by atoms with Gasteiger partial charge in [0.2, 0.25) is 0 Å². The van der Waals surface area contributed by atoms with Crippen LogP contribution in [0.3, 0.4) is 0 Å². The molecule has 0 atom stereocenters. The molecule has 100 valence electrons. The fourth-order valence-corrected chi connectivity index (χ4v) is 1.92. The van der Waals surface area contributed by atoms with Gasteiger partial charge in [0.15, 0.2) is 11.6 Å². The van der Waals surface area contributed by atoms with E-state index in [0.29, 0.717) is 11.5 Å². The van der Waals surface area contributed by atoms with Crippen molar-refractivity contribution >= 4 is 5.69 Å². The molecular formula is C15H16FNO2. The molecule has 2 N–H and O–H groups in total. The first-order chi connectivity index (χ1) is 8.99. The zero-order valence-electron chi connectivity index (χ0n) is 11.2. The first-order valence-corrected chi connectivity index (χ1v) is 5.89. The van der Waals surface area contributed by atoms with E-state index in [1.807, 2.05) is 32.0 Å². The van der Waals surface area contributed by atoms with Gasteiger partial charge in [-0.25, -0.2) is 4.39 Å². The number of hydrogen-bond acceptors (Lipinski definition) is 3. The number of halogens is 1. The number of nitrogens with two attached hydrogens (primary N) is 1. The van der Waals surface area contributed by atoms with Crippen molar-refractivity contribution in [3.63, 3.8) is 0 Å². The van der Waals surface area contributed by atoms with Crippen LogP contribution in [0.25, 0.3) is 0 Å². The molecule has 0 aromatic heterocycles. The highest BCUT2D eigenvalue weighted by Gasteiger charge is 2.11. The molecule has 0 radical (unpaired) electrons. The minimum absolute atomic E-state index is 0.0936. The van der Waals surface area contributed by atoms with Crippen molar-refractivity contribution in [3.8, 4) is 17.2 Å². The summed E-state index contributed by atoms with van der Waals surface area (Å²) in [5.74, 6) is 0.553. The second-order valence-corrected chi connectivity index (χ2v) is 4.45. The van der Waals surface area contributed by atoms with Crippen molar-refractivity contribution in [2.45, 2.75) is 13.8 Å². The maximum atomic E-state index is 13.8. The molecule has 0 aliphatic rings. The van der Waals surface area contributed by atoms with Gasteiger partial charge < -0.3 is 15.2 Å². The standard InChI is InChI=1S/C15H16FNO2/c1-9-4-10(2)6-11(5-9)19-14-8-15(18-3)13(17)7-12(14)16/h4-8H,17H2,1-3H3. The van der Waals surface area contributed by atoms with Crippen LogP contribution in [0.1, 0.15) is 11.1 Å². The van der Waals surface area contributed by atoms with Gasteiger partial charge in [0.05, 0.1) is 12.8 Å². The first-order valence-electron chi connectivity index (χ1n) is 5.89. The van der Waals surface area contributed by atoms with Gasteiger partial charge in [-0.05, 0) is 37.1 Å². The SMILES string of the molecule is COc1cc(Oc2cc(C)cc(C)c2)c(F)cc1N. The van der Waals surface area contributed by atoms with Gasteiger partial charge in [0.1, 0.15) is 11.5 Å². The summed E-state index contributed by atoms with van der Waals surface area (Å²) in [5, 5.41) is 0. The van der Waals surface area contributed by atoms with E-state index >= 15 is 0 Å². The van der Waals surface area contributed by atoms with Gasteiger partial charge in [-0.15, -0.1) is 0 Å². The predicted octanol–water partition coefficient (Wildman–Crippen LogP) is 3.83. The monoisotopic (exact) mass is 261 g/mol. The second-order valence-electron chi connectivity index (χ2n) is 4.45. The molecule has 0 fully saturated rings. The van der Waals surface area contributed by atoms with E-state index in [0.717, 1.165) is 11.1 Å². The van der Waals surface area contributed by atoms with Crippen LogP contribution in [0.4, 0.5) is 10.1 Å². The molecule has 3 nitrogen and oxygen atoms in total. The maximum absolute atomic E-state index is 13.8. The van der Waals surface area contributed by atoms with Gasteiger partial charge in [-0.1, -0.05) is 6.07 Å². The molecule has 0 aliphatic carbocycles. The summed E-state index contributed by atoms with van der Waals surface area (Å²) < 4.78 is 24.4. The first kappa shape index (κ1) is 13.2. The lowest BCUT2D eigenvalue weighted by atomic mass is 10.1. The van der Waals surface area contributed by atoms with E-state index in [2.05, 4.69) is 0 Å². The topological polar surface area (TPSA) is 44.5 Å². The smallest absolute Gasteiger partial charge is 0.168 e.